The Morgan fingerprint density at radius 1 is 0.741 bits per heavy atom. The van der Waals surface area contributed by atoms with Crippen LogP contribution in [0, 0.1) is 13.5 Å². The Labute approximate surface area is 158 Å². The van der Waals surface area contributed by atoms with E-state index in [1.54, 1.807) is 24.3 Å². The summed E-state index contributed by atoms with van der Waals surface area (Å²) in [5.41, 5.74) is 16.9. The Balaban J connectivity index is 1.80. The fraction of sp³-hybridized carbons (Fsp3) is 0.0455. The molecular formula is C22H19N5. The number of nitrogens with two attached hydrogens (primary N) is 2. The minimum absolute atomic E-state index is 0.307. The van der Waals surface area contributed by atoms with E-state index in [9.17, 15) is 0 Å². The van der Waals surface area contributed by atoms with Gasteiger partial charge in [-0.2, -0.15) is 0 Å². The smallest absolute Gasteiger partial charge is 0.187 e. The Morgan fingerprint density at radius 2 is 1.19 bits per heavy atom. The maximum Gasteiger partial charge on any atom is 0.187 e. The van der Waals surface area contributed by atoms with E-state index in [-0.39, 0.29) is 0 Å². The molecule has 0 atom stereocenters. The Kier molecular flexibility index (Phi) is 5.29. The van der Waals surface area contributed by atoms with Gasteiger partial charge in [0.1, 0.15) is 23.0 Å². The monoisotopic (exact) mass is 353 g/mol. The molecule has 3 rings (SSSR count). The average Bonchev–Trinajstić information content (AvgIpc) is 2.69. The summed E-state index contributed by atoms with van der Waals surface area (Å²) < 4.78 is 0. The van der Waals surface area contributed by atoms with E-state index in [1.165, 1.54) is 5.56 Å². The lowest BCUT2D eigenvalue weighted by Gasteiger charge is -2.04. The fourth-order valence-electron chi connectivity index (χ4n) is 2.42. The molecule has 0 saturated heterocycles. The summed E-state index contributed by atoms with van der Waals surface area (Å²) in [4.78, 5) is 12.1. The molecule has 1 aromatic heterocycles. The summed E-state index contributed by atoms with van der Waals surface area (Å²) in [7, 11) is 0. The van der Waals surface area contributed by atoms with Crippen molar-refractivity contribution in [2.75, 3.05) is 11.5 Å². The third kappa shape index (κ3) is 4.59. The highest BCUT2D eigenvalue weighted by Crippen LogP contribution is 2.19. The highest BCUT2D eigenvalue weighted by Gasteiger charge is 2.05. The van der Waals surface area contributed by atoms with Gasteiger partial charge in [0.2, 0.25) is 0 Å². The Hall–Kier alpha value is -3.91. The summed E-state index contributed by atoms with van der Waals surface area (Å²) in [6.07, 6.45) is 7.35. The first-order chi connectivity index (χ1) is 13.0. The minimum Gasteiger partial charge on any atom is -0.382 e. The topological polar surface area (TPSA) is 82.2 Å². The summed E-state index contributed by atoms with van der Waals surface area (Å²) in [5.74, 6) is 0.623. The number of aromatic nitrogens is 2. The average molecular weight is 353 g/mol. The molecule has 4 N–H and O–H groups in total. The van der Waals surface area contributed by atoms with Gasteiger partial charge in [-0.25, -0.2) is 14.8 Å². The van der Waals surface area contributed by atoms with Gasteiger partial charge in [-0.3, -0.25) is 0 Å². The van der Waals surface area contributed by atoms with Gasteiger partial charge in [0.25, 0.3) is 0 Å². The molecule has 0 aliphatic heterocycles. The van der Waals surface area contributed by atoms with E-state index < -0.39 is 0 Å². The third-order valence-electron chi connectivity index (χ3n) is 3.97. The zero-order chi connectivity index (χ0) is 19.2. The molecule has 27 heavy (non-hydrogen) atoms. The second-order valence-corrected chi connectivity index (χ2v) is 6.05. The van der Waals surface area contributed by atoms with Crippen molar-refractivity contribution in [2.45, 2.75) is 6.92 Å². The first-order valence-electron chi connectivity index (χ1n) is 8.38. The Morgan fingerprint density at radius 3 is 1.63 bits per heavy atom. The Bertz CT molecular complexity index is 1040. The molecule has 1 heterocycles. The van der Waals surface area contributed by atoms with E-state index in [4.69, 9.17) is 18.0 Å². The summed E-state index contributed by atoms with van der Waals surface area (Å²) in [6.45, 7) is 9.02. The molecule has 0 amide bonds. The molecule has 0 saturated carbocycles. The van der Waals surface area contributed by atoms with Crippen molar-refractivity contribution in [2.24, 2.45) is 0 Å². The fourth-order valence-corrected chi connectivity index (χ4v) is 2.42. The lowest BCUT2D eigenvalue weighted by Crippen LogP contribution is -2.04. The van der Waals surface area contributed by atoms with Gasteiger partial charge >= 0.3 is 0 Å². The van der Waals surface area contributed by atoms with Crippen LogP contribution in [-0.2, 0) is 0 Å². The number of nitrogens with zero attached hydrogens (tertiary/aromatic N) is 3. The quantitative estimate of drug-likeness (QED) is 0.657. The van der Waals surface area contributed by atoms with Crippen LogP contribution in [0.3, 0.4) is 0 Å². The molecule has 0 fully saturated rings. The first-order valence-corrected chi connectivity index (χ1v) is 8.38. The second-order valence-electron chi connectivity index (χ2n) is 6.05. The van der Waals surface area contributed by atoms with Crippen LogP contribution in [-0.4, -0.2) is 9.97 Å². The minimum atomic E-state index is 0.307. The van der Waals surface area contributed by atoms with Crippen LogP contribution in [0.25, 0.3) is 29.1 Å². The van der Waals surface area contributed by atoms with Crippen molar-refractivity contribution in [3.05, 3.63) is 88.0 Å². The zero-order valence-electron chi connectivity index (χ0n) is 14.9. The number of hydrogen-bond donors (Lipinski definition) is 2. The van der Waals surface area contributed by atoms with Crippen LogP contribution in [0.2, 0.25) is 0 Å². The molecule has 2 aromatic carbocycles. The predicted molar refractivity (Wildman–Crippen MR) is 113 cm³/mol. The van der Waals surface area contributed by atoms with Crippen LogP contribution in [0.1, 0.15) is 28.1 Å². The van der Waals surface area contributed by atoms with E-state index in [0.717, 1.165) is 11.1 Å². The second kappa shape index (κ2) is 7.98. The number of anilines is 2. The van der Waals surface area contributed by atoms with Crippen molar-refractivity contribution in [3.8, 4) is 0 Å². The maximum atomic E-state index is 6.97. The molecule has 0 unspecified atom stereocenters. The van der Waals surface area contributed by atoms with Gasteiger partial charge in [0.15, 0.2) is 5.69 Å². The van der Waals surface area contributed by atoms with Crippen molar-refractivity contribution in [3.63, 3.8) is 0 Å². The van der Waals surface area contributed by atoms with Gasteiger partial charge in [0, 0.05) is 0 Å². The van der Waals surface area contributed by atoms with Crippen LogP contribution < -0.4 is 11.5 Å². The maximum absolute atomic E-state index is 6.97. The lowest BCUT2D eigenvalue weighted by molar-refractivity contribution is 1.18. The molecule has 0 spiro atoms. The van der Waals surface area contributed by atoms with Gasteiger partial charge in [-0.1, -0.05) is 66.2 Å². The van der Waals surface area contributed by atoms with E-state index in [2.05, 4.69) is 14.8 Å². The molecular weight excluding hydrogens is 334 g/mol. The van der Waals surface area contributed by atoms with Gasteiger partial charge in [-0.15, -0.1) is 0 Å². The summed E-state index contributed by atoms with van der Waals surface area (Å²) in [5, 5.41) is 0. The highest BCUT2D eigenvalue weighted by molar-refractivity contribution is 5.77. The summed E-state index contributed by atoms with van der Waals surface area (Å²) in [6, 6.07) is 15.4. The van der Waals surface area contributed by atoms with Crippen molar-refractivity contribution in [1.82, 2.24) is 9.97 Å². The van der Waals surface area contributed by atoms with E-state index in [1.807, 2.05) is 55.5 Å². The van der Waals surface area contributed by atoms with Gasteiger partial charge < -0.3 is 11.5 Å². The number of benzene rings is 2. The van der Waals surface area contributed by atoms with Gasteiger partial charge in [-0.05, 0) is 30.2 Å². The molecule has 0 aliphatic rings. The molecule has 3 aromatic rings. The number of hydrogen-bond acceptors (Lipinski definition) is 4. The number of aryl methyl sites for hydroxylation is 1. The molecule has 0 radical (unpaired) electrons. The molecule has 132 valence electrons. The van der Waals surface area contributed by atoms with Gasteiger partial charge in [0.05, 0.1) is 6.57 Å². The number of rotatable bonds is 4. The molecule has 5 heteroatoms. The normalized spacial score (nSPS) is 11.1. The van der Waals surface area contributed by atoms with Crippen LogP contribution in [0.5, 0.6) is 0 Å². The van der Waals surface area contributed by atoms with Crippen molar-refractivity contribution < 1.29 is 0 Å². The largest absolute Gasteiger partial charge is 0.382 e. The highest BCUT2D eigenvalue weighted by atomic mass is 15.0. The number of nitrogen functional groups attached to an aromatic ring is 2. The van der Waals surface area contributed by atoms with E-state index in [0.29, 0.717) is 28.7 Å². The first kappa shape index (κ1) is 17.9. The standard InChI is InChI=1S/C22H19N5/c1-15-3-5-16(6-4-15)9-13-19-21(23)27-20(22(24)26-19)14-10-17-7-11-18(25-2)12-8-17/h3-14H,1H3,(H2,23,27)(H2,24,26)/b13-9+,14-10+. The SMILES string of the molecule is [C-]#[N+]c1ccc(/C=C/c2nc(N)c(/C=C/c3ccc(C)cc3)nc2N)cc1. The van der Waals surface area contributed by atoms with Crippen molar-refractivity contribution in [1.29, 1.82) is 0 Å². The van der Waals surface area contributed by atoms with Crippen LogP contribution in [0.15, 0.2) is 48.5 Å². The van der Waals surface area contributed by atoms with Crippen molar-refractivity contribution >= 4 is 41.6 Å². The lowest BCUT2D eigenvalue weighted by atomic mass is 10.1. The zero-order valence-corrected chi connectivity index (χ0v) is 14.9. The molecule has 0 aliphatic carbocycles. The van der Waals surface area contributed by atoms with Crippen LogP contribution in [0.4, 0.5) is 17.3 Å². The molecule has 5 nitrogen and oxygen atoms in total. The summed E-state index contributed by atoms with van der Waals surface area (Å²) >= 11 is 0. The molecule has 0 bridgehead atoms. The third-order valence-corrected chi connectivity index (χ3v) is 3.97. The van der Waals surface area contributed by atoms with Crippen LogP contribution >= 0.6 is 0 Å². The predicted octanol–water partition coefficient (Wildman–Crippen LogP) is 4.84. The van der Waals surface area contributed by atoms with E-state index >= 15 is 0 Å².